The second-order valence-electron chi connectivity index (χ2n) is 8.60. The van der Waals surface area contributed by atoms with Crippen molar-refractivity contribution in [3.63, 3.8) is 0 Å². The highest BCUT2D eigenvalue weighted by molar-refractivity contribution is 5.90. The van der Waals surface area contributed by atoms with Gasteiger partial charge in [-0.05, 0) is 36.1 Å². The van der Waals surface area contributed by atoms with Crippen molar-refractivity contribution in [1.82, 2.24) is 0 Å². The van der Waals surface area contributed by atoms with Crippen molar-refractivity contribution in [2.24, 2.45) is 11.8 Å². The lowest BCUT2D eigenvalue weighted by Gasteiger charge is -2.22. The first-order valence-electron chi connectivity index (χ1n) is 11.6. The standard InChI is InChI=1S/C27H32O6/c1-32-26(30)12-8-3-2-7-11-22-23(18-28)24(29)17-25(22)33-27(31)21-15-13-20(14-16-21)19-9-5-4-6-10-19/h4-6,9-10,13-16,18,22-25,29H,2-3,7-8,11-12,17H2,1H3. The molecule has 0 heterocycles. The number of aliphatic hydroxyl groups excluding tert-OH is 1. The summed E-state index contributed by atoms with van der Waals surface area (Å²) in [4.78, 5) is 35.5. The van der Waals surface area contributed by atoms with Gasteiger partial charge in [0.15, 0.2) is 0 Å². The fourth-order valence-corrected chi connectivity index (χ4v) is 4.55. The molecule has 6 nitrogen and oxygen atoms in total. The summed E-state index contributed by atoms with van der Waals surface area (Å²) in [6, 6.07) is 17.1. The van der Waals surface area contributed by atoms with Crippen LogP contribution in [0.3, 0.4) is 0 Å². The molecular weight excluding hydrogens is 420 g/mol. The predicted octanol–water partition coefficient (Wildman–Crippen LogP) is 4.59. The molecule has 4 unspecified atom stereocenters. The number of ether oxygens (including phenoxy) is 2. The lowest BCUT2D eigenvalue weighted by molar-refractivity contribution is -0.140. The number of unbranched alkanes of at least 4 members (excludes halogenated alkanes) is 3. The summed E-state index contributed by atoms with van der Waals surface area (Å²) >= 11 is 0. The number of esters is 2. The van der Waals surface area contributed by atoms with Gasteiger partial charge in [0.25, 0.3) is 0 Å². The van der Waals surface area contributed by atoms with E-state index in [1.54, 1.807) is 12.1 Å². The molecule has 4 atom stereocenters. The Balaban J connectivity index is 1.55. The molecule has 3 rings (SSSR count). The third-order valence-electron chi connectivity index (χ3n) is 6.43. The van der Waals surface area contributed by atoms with Crippen LogP contribution in [0.4, 0.5) is 0 Å². The number of hydrogen-bond acceptors (Lipinski definition) is 6. The van der Waals surface area contributed by atoms with Crippen LogP contribution in [0.25, 0.3) is 11.1 Å². The maximum Gasteiger partial charge on any atom is 0.338 e. The second-order valence-corrected chi connectivity index (χ2v) is 8.60. The van der Waals surface area contributed by atoms with Gasteiger partial charge in [-0.2, -0.15) is 0 Å². The number of methoxy groups -OCH3 is 1. The molecule has 0 spiro atoms. The Morgan fingerprint density at radius 1 is 0.970 bits per heavy atom. The summed E-state index contributed by atoms with van der Waals surface area (Å²) in [6.45, 7) is 0. The SMILES string of the molecule is COC(=O)CCCCCCC1C(OC(=O)c2ccc(-c3ccccc3)cc2)CC(O)C1C=O. The van der Waals surface area contributed by atoms with Crippen molar-refractivity contribution in [2.75, 3.05) is 7.11 Å². The van der Waals surface area contributed by atoms with E-state index in [9.17, 15) is 19.5 Å². The Kier molecular flexibility index (Phi) is 9.19. The molecule has 0 aliphatic heterocycles. The summed E-state index contributed by atoms with van der Waals surface area (Å²) in [7, 11) is 1.38. The van der Waals surface area contributed by atoms with Gasteiger partial charge in [-0.1, -0.05) is 61.7 Å². The summed E-state index contributed by atoms with van der Waals surface area (Å²) in [5.41, 5.74) is 2.52. The molecule has 2 aromatic carbocycles. The van der Waals surface area contributed by atoms with E-state index < -0.39 is 24.1 Å². The first kappa shape index (κ1) is 24.6. The van der Waals surface area contributed by atoms with Crippen LogP contribution in [-0.2, 0) is 19.1 Å². The van der Waals surface area contributed by atoms with Crippen molar-refractivity contribution in [3.8, 4) is 11.1 Å². The molecule has 0 amide bonds. The van der Waals surface area contributed by atoms with Crippen LogP contribution in [0, 0.1) is 11.8 Å². The highest BCUT2D eigenvalue weighted by Crippen LogP contribution is 2.37. The van der Waals surface area contributed by atoms with E-state index in [0.29, 0.717) is 18.4 Å². The Morgan fingerprint density at radius 2 is 1.64 bits per heavy atom. The summed E-state index contributed by atoms with van der Waals surface area (Å²) < 4.78 is 10.4. The number of carbonyl (C=O) groups is 3. The third-order valence-corrected chi connectivity index (χ3v) is 6.43. The van der Waals surface area contributed by atoms with E-state index in [-0.39, 0.29) is 18.3 Å². The average molecular weight is 453 g/mol. The average Bonchev–Trinajstić information content (AvgIpc) is 3.15. The van der Waals surface area contributed by atoms with Crippen molar-refractivity contribution >= 4 is 18.2 Å². The van der Waals surface area contributed by atoms with Crippen molar-refractivity contribution in [2.45, 2.75) is 57.2 Å². The molecule has 1 aliphatic rings. The molecule has 1 aliphatic carbocycles. The zero-order valence-electron chi connectivity index (χ0n) is 19.0. The number of aliphatic hydroxyl groups is 1. The zero-order valence-corrected chi connectivity index (χ0v) is 19.0. The zero-order chi connectivity index (χ0) is 23.6. The minimum Gasteiger partial charge on any atom is -0.469 e. The fraction of sp³-hybridized carbons (Fsp3) is 0.444. The molecular formula is C27H32O6. The second kappa shape index (κ2) is 12.3. The molecule has 0 aromatic heterocycles. The van der Waals surface area contributed by atoms with Gasteiger partial charge in [-0.25, -0.2) is 4.79 Å². The quantitative estimate of drug-likeness (QED) is 0.305. The number of carbonyl (C=O) groups excluding carboxylic acids is 3. The molecule has 2 aromatic rings. The van der Waals surface area contributed by atoms with E-state index in [1.165, 1.54) is 7.11 Å². The fourth-order valence-electron chi connectivity index (χ4n) is 4.55. The lowest BCUT2D eigenvalue weighted by atomic mass is 9.89. The van der Waals surface area contributed by atoms with E-state index in [0.717, 1.165) is 43.1 Å². The molecule has 0 bridgehead atoms. The third kappa shape index (κ3) is 6.75. The number of hydrogen-bond donors (Lipinski definition) is 1. The van der Waals surface area contributed by atoms with Crippen LogP contribution in [0.2, 0.25) is 0 Å². The minimum atomic E-state index is -0.801. The van der Waals surface area contributed by atoms with E-state index in [4.69, 9.17) is 4.74 Å². The molecule has 1 saturated carbocycles. The van der Waals surface area contributed by atoms with Crippen LogP contribution >= 0.6 is 0 Å². The first-order valence-corrected chi connectivity index (χ1v) is 11.6. The van der Waals surface area contributed by atoms with Gasteiger partial charge in [0.1, 0.15) is 12.4 Å². The topological polar surface area (TPSA) is 89.9 Å². The first-order chi connectivity index (χ1) is 16.0. The largest absolute Gasteiger partial charge is 0.469 e. The van der Waals surface area contributed by atoms with Crippen LogP contribution in [0.15, 0.2) is 54.6 Å². The van der Waals surface area contributed by atoms with Gasteiger partial charge in [0.2, 0.25) is 0 Å². The van der Waals surface area contributed by atoms with Gasteiger partial charge in [0, 0.05) is 24.7 Å². The number of aldehydes is 1. The van der Waals surface area contributed by atoms with E-state index in [2.05, 4.69) is 4.74 Å². The molecule has 1 N–H and O–H groups in total. The van der Waals surface area contributed by atoms with Gasteiger partial charge < -0.3 is 19.4 Å². The Hall–Kier alpha value is -2.99. The normalized spacial score (nSPS) is 22.0. The maximum atomic E-state index is 12.8. The molecule has 1 fully saturated rings. The van der Waals surface area contributed by atoms with Crippen LogP contribution in [0.1, 0.15) is 55.3 Å². The van der Waals surface area contributed by atoms with Gasteiger partial charge in [0.05, 0.1) is 18.8 Å². The Bertz CT molecular complexity index is 908. The highest BCUT2D eigenvalue weighted by Gasteiger charge is 2.44. The molecule has 176 valence electrons. The Labute approximate surface area is 194 Å². The number of rotatable bonds is 11. The highest BCUT2D eigenvalue weighted by atomic mass is 16.5. The van der Waals surface area contributed by atoms with Crippen molar-refractivity contribution in [1.29, 1.82) is 0 Å². The Morgan fingerprint density at radius 3 is 2.30 bits per heavy atom. The maximum absolute atomic E-state index is 12.8. The monoisotopic (exact) mass is 452 g/mol. The summed E-state index contributed by atoms with van der Waals surface area (Å²) in [5, 5.41) is 10.3. The summed E-state index contributed by atoms with van der Waals surface area (Å²) in [5.74, 6) is -1.39. The predicted molar refractivity (Wildman–Crippen MR) is 124 cm³/mol. The smallest absolute Gasteiger partial charge is 0.338 e. The molecule has 33 heavy (non-hydrogen) atoms. The lowest BCUT2D eigenvalue weighted by Crippen LogP contribution is -2.27. The molecule has 6 heteroatoms. The van der Waals surface area contributed by atoms with Crippen molar-refractivity contribution in [3.05, 3.63) is 60.2 Å². The van der Waals surface area contributed by atoms with Gasteiger partial charge in [-0.15, -0.1) is 0 Å². The molecule has 0 saturated heterocycles. The van der Waals surface area contributed by atoms with Crippen LogP contribution < -0.4 is 0 Å². The minimum absolute atomic E-state index is 0.203. The summed E-state index contributed by atoms with van der Waals surface area (Å²) in [6.07, 6.45) is 4.22. The van der Waals surface area contributed by atoms with Crippen molar-refractivity contribution < 1.29 is 29.0 Å². The van der Waals surface area contributed by atoms with Crippen LogP contribution in [0.5, 0.6) is 0 Å². The van der Waals surface area contributed by atoms with Gasteiger partial charge >= 0.3 is 11.9 Å². The van der Waals surface area contributed by atoms with E-state index in [1.807, 2.05) is 42.5 Å². The van der Waals surface area contributed by atoms with E-state index >= 15 is 0 Å². The van der Waals surface area contributed by atoms with Gasteiger partial charge in [-0.3, -0.25) is 4.79 Å². The van der Waals surface area contributed by atoms with Crippen LogP contribution in [-0.4, -0.2) is 42.6 Å². The number of benzene rings is 2. The molecule has 0 radical (unpaired) electrons.